The first kappa shape index (κ1) is 9.19. The highest BCUT2D eigenvalue weighted by atomic mass is 15.5. The molecule has 1 aromatic rings. The summed E-state index contributed by atoms with van der Waals surface area (Å²) in [5.41, 5.74) is 5.92. The zero-order valence-corrected chi connectivity index (χ0v) is 7.64. The van der Waals surface area contributed by atoms with E-state index in [1.165, 1.54) is 0 Å². The van der Waals surface area contributed by atoms with Gasteiger partial charge in [0.15, 0.2) is 0 Å². The van der Waals surface area contributed by atoms with E-state index in [0.29, 0.717) is 12.5 Å². The van der Waals surface area contributed by atoms with E-state index in [1.807, 2.05) is 0 Å². The van der Waals surface area contributed by atoms with Gasteiger partial charge in [0.25, 0.3) is 0 Å². The van der Waals surface area contributed by atoms with Crippen LogP contribution in [0.3, 0.4) is 0 Å². The Morgan fingerprint density at radius 2 is 2.00 bits per heavy atom. The standard InChI is InChI=1S/C8H16N4/c1-3-7(2)8(9)6-12-10-4-5-11-12/h4-5,7-8H,3,6,9H2,1-2H3/t7-,8-/m0/s1. The highest BCUT2D eigenvalue weighted by Crippen LogP contribution is 2.05. The molecule has 4 nitrogen and oxygen atoms in total. The molecule has 0 fully saturated rings. The van der Waals surface area contributed by atoms with Crippen molar-refractivity contribution in [3.63, 3.8) is 0 Å². The van der Waals surface area contributed by atoms with Crippen LogP contribution in [0.15, 0.2) is 12.4 Å². The number of nitrogens with zero attached hydrogens (tertiary/aromatic N) is 3. The third-order valence-electron chi connectivity index (χ3n) is 2.22. The number of hydrogen-bond donors (Lipinski definition) is 1. The Balaban J connectivity index is 2.41. The maximum absolute atomic E-state index is 5.92. The van der Waals surface area contributed by atoms with Gasteiger partial charge in [0, 0.05) is 6.04 Å². The van der Waals surface area contributed by atoms with Crippen molar-refractivity contribution in [1.82, 2.24) is 15.0 Å². The fourth-order valence-electron chi connectivity index (χ4n) is 1.01. The van der Waals surface area contributed by atoms with Gasteiger partial charge in [0.05, 0.1) is 18.9 Å². The first-order valence-electron chi connectivity index (χ1n) is 4.33. The molecule has 0 radical (unpaired) electrons. The molecule has 2 N–H and O–H groups in total. The molecule has 0 aliphatic heterocycles. The second-order valence-corrected chi connectivity index (χ2v) is 3.13. The van der Waals surface area contributed by atoms with E-state index in [9.17, 15) is 0 Å². The Kier molecular flexibility index (Phi) is 3.22. The zero-order chi connectivity index (χ0) is 8.97. The van der Waals surface area contributed by atoms with Crippen molar-refractivity contribution in [3.8, 4) is 0 Å². The summed E-state index contributed by atoms with van der Waals surface area (Å²) in [4.78, 5) is 1.64. The third kappa shape index (κ3) is 2.30. The molecule has 1 aromatic heterocycles. The van der Waals surface area contributed by atoms with Gasteiger partial charge in [-0.1, -0.05) is 20.3 Å². The van der Waals surface area contributed by atoms with E-state index >= 15 is 0 Å². The minimum atomic E-state index is 0.155. The molecule has 0 spiro atoms. The van der Waals surface area contributed by atoms with E-state index in [2.05, 4.69) is 24.0 Å². The number of aromatic nitrogens is 3. The maximum atomic E-state index is 5.92. The summed E-state index contributed by atoms with van der Waals surface area (Å²) in [7, 11) is 0. The van der Waals surface area contributed by atoms with Gasteiger partial charge in [-0.25, -0.2) is 0 Å². The van der Waals surface area contributed by atoms with Crippen molar-refractivity contribution in [2.24, 2.45) is 11.7 Å². The van der Waals surface area contributed by atoms with Gasteiger partial charge in [-0.3, -0.25) is 0 Å². The van der Waals surface area contributed by atoms with Crippen LogP contribution in [0.2, 0.25) is 0 Å². The second kappa shape index (κ2) is 4.21. The van der Waals surface area contributed by atoms with Gasteiger partial charge < -0.3 is 5.73 Å². The Hall–Kier alpha value is -0.900. The Bertz CT molecular complexity index is 207. The van der Waals surface area contributed by atoms with E-state index in [-0.39, 0.29) is 6.04 Å². The first-order chi connectivity index (χ1) is 5.74. The number of hydrogen-bond acceptors (Lipinski definition) is 3. The Morgan fingerprint density at radius 3 is 2.50 bits per heavy atom. The van der Waals surface area contributed by atoms with Gasteiger partial charge in [0.2, 0.25) is 0 Å². The first-order valence-corrected chi connectivity index (χ1v) is 4.33. The van der Waals surface area contributed by atoms with Crippen molar-refractivity contribution in [2.45, 2.75) is 32.9 Å². The molecule has 0 amide bonds. The van der Waals surface area contributed by atoms with Crippen molar-refractivity contribution in [3.05, 3.63) is 12.4 Å². The topological polar surface area (TPSA) is 56.7 Å². The van der Waals surface area contributed by atoms with Gasteiger partial charge >= 0.3 is 0 Å². The fraction of sp³-hybridized carbons (Fsp3) is 0.750. The van der Waals surface area contributed by atoms with Crippen molar-refractivity contribution in [2.75, 3.05) is 0 Å². The molecule has 0 saturated heterocycles. The van der Waals surface area contributed by atoms with Crippen LogP contribution in [-0.4, -0.2) is 21.0 Å². The molecule has 68 valence electrons. The molecule has 1 rings (SSSR count). The average molecular weight is 168 g/mol. The van der Waals surface area contributed by atoms with E-state index in [0.717, 1.165) is 6.42 Å². The quantitative estimate of drug-likeness (QED) is 0.718. The zero-order valence-electron chi connectivity index (χ0n) is 7.64. The SMILES string of the molecule is CC[C@H](C)[C@@H](N)Cn1nccn1. The molecule has 1 heterocycles. The monoisotopic (exact) mass is 168 g/mol. The van der Waals surface area contributed by atoms with Crippen molar-refractivity contribution in [1.29, 1.82) is 0 Å². The molecule has 0 aliphatic carbocycles. The molecule has 12 heavy (non-hydrogen) atoms. The lowest BCUT2D eigenvalue weighted by atomic mass is 10.0. The van der Waals surface area contributed by atoms with Crippen molar-refractivity contribution < 1.29 is 0 Å². The minimum absolute atomic E-state index is 0.155. The summed E-state index contributed by atoms with van der Waals surface area (Å²) < 4.78 is 0. The highest BCUT2D eigenvalue weighted by Gasteiger charge is 2.11. The van der Waals surface area contributed by atoms with Crippen LogP contribution in [-0.2, 0) is 6.54 Å². The summed E-state index contributed by atoms with van der Waals surface area (Å²) in [5, 5.41) is 8.00. The number of rotatable bonds is 4. The Morgan fingerprint density at radius 1 is 1.42 bits per heavy atom. The van der Waals surface area contributed by atoms with Crippen LogP contribution in [0.1, 0.15) is 20.3 Å². The predicted molar refractivity (Wildman–Crippen MR) is 47.5 cm³/mol. The van der Waals surface area contributed by atoms with Crippen molar-refractivity contribution >= 4 is 0 Å². The molecule has 0 aromatic carbocycles. The van der Waals surface area contributed by atoms with E-state index in [4.69, 9.17) is 5.73 Å². The van der Waals surface area contributed by atoms with Crippen LogP contribution in [0.25, 0.3) is 0 Å². The van der Waals surface area contributed by atoms with Gasteiger partial charge in [-0.15, -0.1) is 0 Å². The maximum Gasteiger partial charge on any atom is 0.0760 e. The largest absolute Gasteiger partial charge is 0.326 e. The average Bonchev–Trinajstić information content (AvgIpc) is 2.55. The molecule has 0 bridgehead atoms. The molecule has 2 atom stereocenters. The van der Waals surface area contributed by atoms with Gasteiger partial charge in [-0.05, 0) is 5.92 Å². The van der Waals surface area contributed by atoms with Crippen LogP contribution < -0.4 is 5.73 Å². The van der Waals surface area contributed by atoms with Crippen LogP contribution in [0, 0.1) is 5.92 Å². The van der Waals surface area contributed by atoms with Crippen LogP contribution >= 0.6 is 0 Å². The summed E-state index contributed by atoms with van der Waals surface area (Å²) in [6.07, 6.45) is 4.44. The van der Waals surface area contributed by atoms with E-state index < -0.39 is 0 Å². The molecule has 0 saturated carbocycles. The molecule has 0 aliphatic rings. The molecule has 4 heteroatoms. The lowest BCUT2D eigenvalue weighted by Crippen LogP contribution is -2.33. The Labute approximate surface area is 72.8 Å². The predicted octanol–water partition coefficient (Wildman–Crippen LogP) is 0.651. The smallest absolute Gasteiger partial charge is 0.0760 e. The number of nitrogens with two attached hydrogens (primary N) is 1. The summed E-state index contributed by atoms with van der Waals surface area (Å²) >= 11 is 0. The normalized spacial score (nSPS) is 15.9. The van der Waals surface area contributed by atoms with Crippen LogP contribution in [0.5, 0.6) is 0 Å². The highest BCUT2D eigenvalue weighted by molar-refractivity contribution is 4.68. The van der Waals surface area contributed by atoms with Gasteiger partial charge in [-0.2, -0.15) is 15.0 Å². The summed E-state index contributed by atoms with van der Waals surface area (Å²) in [6.45, 7) is 5.00. The third-order valence-corrected chi connectivity index (χ3v) is 2.22. The molecular formula is C8H16N4. The minimum Gasteiger partial charge on any atom is -0.326 e. The lowest BCUT2D eigenvalue weighted by molar-refractivity contribution is 0.361. The van der Waals surface area contributed by atoms with E-state index in [1.54, 1.807) is 17.2 Å². The molecule has 0 unspecified atom stereocenters. The second-order valence-electron chi connectivity index (χ2n) is 3.13. The van der Waals surface area contributed by atoms with Gasteiger partial charge in [0.1, 0.15) is 0 Å². The molecular weight excluding hydrogens is 152 g/mol. The van der Waals surface area contributed by atoms with Crippen LogP contribution in [0.4, 0.5) is 0 Å². The summed E-state index contributed by atoms with van der Waals surface area (Å²) in [5.74, 6) is 0.524. The fourth-order valence-corrected chi connectivity index (χ4v) is 1.01. The lowest BCUT2D eigenvalue weighted by Gasteiger charge is -2.16. The summed E-state index contributed by atoms with van der Waals surface area (Å²) in [6, 6.07) is 0.155.